The van der Waals surface area contributed by atoms with E-state index in [2.05, 4.69) is 32.6 Å². The van der Waals surface area contributed by atoms with Gasteiger partial charge in [0.05, 0.1) is 11.5 Å². The van der Waals surface area contributed by atoms with Gasteiger partial charge in [-0.3, -0.25) is 4.79 Å². The van der Waals surface area contributed by atoms with Crippen LogP contribution in [-0.2, 0) is 14.8 Å². The van der Waals surface area contributed by atoms with Crippen LogP contribution in [0.4, 0.5) is 5.69 Å². The summed E-state index contributed by atoms with van der Waals surface area (Å²) in [4.78, 5) is 12.3. The summed E-state index contributed by atoms with van der Waals surface area (Å²) in [6.45, 7) is 2.00. The van der Waals surface area contributed by atoms with Crippen molar-refractivity contribution in [1.29, 1.82) is 0 Å². The van der Waals surface area contributed by atoms with Crippen molar-refractivity contribution in [2.24, 2.45) is 0 Å². The molecule has 1 unspecified atom stereocenters. The number of nitrogens with one attached hydrogen (secondary N) is 2. The second kappa shape index (κ2) is 8.75. The Morgan fingerprint density at radius 2 is 1.72 bits per heavy atom. The molecule has 8 heteroatoms. The quantitative estimate of drug-likeness (QED) is 0.605. The Hall–Kier alpha value is -1.49. The molecule has 0 heterocycles. The van der Waals surface area contributed by atoms with Gasteiger partial charge in [0, 0.05) is 28.0 Å². The van der Waals surface area contributed by atoms with Crippen LogP contribution in [0.5, 0.6) is 0 Å². The number of anilines is 1. The highest BCUT2D eigenvalue weighted by atomic mass is 127. The van der Waals surface area contributed by atoms with E-state index in [0.29, 0.717) is 11.3 Å². The van der Waals surface area contributed by atoms with Crippen LogP contribution in [-0.4, -0.2) is 34.1 Å². The number of halogens is 1. The van der Waals surface area contributed by atoms with E-state index in [1.54, 1.807) is 31.2 Å². The van der Waals surface area contributed by atoms with Crippen LogP contribution < -0.4 is 10.0 Å². The molecule has 0 saturated carbocycles. The first-order chi connectivity index (χ1) is 11.8. The van der Waals surface area contributed by atoms with E-state index in [-0.39, 0.29) is 23.5 Å². The number of carbonyl (C=O) groups excluding carboxylic acids is 1. The Labute approximate surface area is 161 Å². The maximum absolute atomic E-state index is 12.2. The van der Waals surface area contributed by atoms with E-state index >= 15 is 0 Å². The van der Waals surface area contributed by atoms with Crippen molar-refractivity contribution in [2.45, 2.75) is 17.9 Å². The predicted molar refractivity (Wildman–Crippen MR) is 105 cm³/mol. The SMILES string of the molecule is COCC(C)NS(=O)(=O)c1ccc(NC(=O)c2ccc(I)cc2)cc1. The number of hydrogen-bond donors (Lipinski definition) is 2. The fraction of sp³-hybridized carbons (Fsp3) is 0.235. The van der Waals surface area contributed by atoms with Gasteiger partial charge in [-0.05, 0) is 78.0 Å². The van der Waals surface area contributed by atoms with Gasteiger partial charge in [0.15, 0.2) is 0 Å². The fourth-order valence-corrected chi connectivity index (χ4v) is 3.73. The van der Waals surface area contributed by atoms with E-state index in [1.165, 1.54) is 19.2 Å². The molecule has 0 saturated heterocycles. The Morgan fingerprint density at radius 3 is 2.28 bits per heavy atom. The van der Waals surface area contributed by atoms with Crippen LogP contribution in [0, 0.1) is 3.57 Å². The highest BCUT2D eigenvalue weighted by molar-refractivity contribution is 14.1. The maximum atomic E-state index is 12.2. The Kier molecular flexibility index (Phi) is 6.94. The molecule has 1 amide bonds. The van der Waals surface area contributed by atoms with Gasteiger partial charge >= 0.3 is 0 Å². The predicted octanol–water partition coefficient (Wildman–Crippen LogP) is 2.86. The number of ether oxygens (including phenoxy) is 1. The molecule has 2 N–H and O–H groups in total. The average Bonchev–Trinajstić information content (AvgIpc) is 2.55. The van der Waals surface area contributed by atoms with Crippen LogP contribution in [0.15, 0.2) is 53.4 Å². The third-order valence-electron chi connectivity index (χ3n) is 3.30. The molecular weight excluding hydrogens is 455 g/mol. The lowest BCUT2D eigenvalue weighted by molar-refractivity contribution is 0.102. The molecule has 6 nitrogen and oxygen atoms in total. The van der Waals surface area contributed by atoms with Crippen molar-refractivity contribution in [3.05, 3.63) is 57.7 Å². The van der Waals surface area contributed by atoms with Crippen molar-refractivity contribution in [1.82, 2.24) is 4.72 Å². The molecule has 0 aliphatic heterocycles. The molecule has 1 atom stereocenters. The second-order valence-electron chi connectivity index (χ2n) is 5.46. The van der Waals surface area contributed by atoms with Crippen LogP contribution in [0.2, 0.25) is 0 Å². The number of amides is 1. The van der Waals surface area contributed by atoms with Crippen molar-refractivity contribution in [3.63, 3.8) is 0 Å². The first-order valence-corrected chi connectivity index (χ1v) is 10.1. The van der Waals surface area contributed by atoms with Gasteiger partial charge < -0.3 is 10.1 Å². The average molecular weight is 474 g/mol. The standard InChI is InChI=1S/C17H19IN2O4S/c1-12(11-24-2)20-25(22,23)16-9-7-15(8-10-16)19-17(21)13-3-5-14(18)6-4-13/h3-10,12,20H,11H2,1-2H3,(H,19,21). The van der Waals surface area contributed by atoms with Gasteiger partial charge in [0.2, 0.25) is 10.0 Å². The molecule has 2 rings (SSSR count). The van der Waals surface area contributed by atoms with Gasteiger partial charge in [0.1, 0.15) is 0 Å². The summed E-state index contributed by atoms with van der Waals surface area (Å²) in [6.07, 6.45) is 0. The third-order valence-corrected chi connectivity index (χ3v) is 5.63. The molecule has 0 radical (unpaired) electrons. The van der Waals surface area contributed by atoms with Crippen LogP contribution in [0.3, 0.4) is 0 Å². The minimum absolute atomic E-state index is 0.128. The number of benzene rings is 2. The minimum Gasteiger partial charge on any atom is -0.383 e. The fourth-order valence-electron chi connectivity index (χ4n) is 2.14. The number of sulfonamides is 1. The number of carbonyl (C=O) groups is 1. The molecule has 134 valence electrons. The summed E-state index contributed by atoms with van der Waals surface area (Å²) in [6, 6.07) is 12.8. The van der Waals surface area contributed by atoms with Gasteiger partial charge in [-0.15, -0.1) is 0 Å². The summed E-state index contributed by atoms with van der Waals surface area (Å²) < 4.78 is 33.0. The minimum atomic E-state index is -3.63. The van der Waals surface area contributed by atoms with Crippen molar-refractivity contribution in [2.75, 3.05) is 19.0 Å². The molecular formula is C17H19IN2O4S. The lowest BCUT2D eigenvalue weighted by Gasteiger charge is -2.13. The van der Waals surface area contributed by atoms with Crippen molar-refractivity contribution in [3.8, 4) is 0 Å². The van der Waals surface area contributed by atoms with Gasteiger partial charge in [-0.2, -0.15) is 0 Å². The van der Waals surface area contributed by atoms with Gasteiger partial charge in [-0.25, -0.2) is 13.1 Å². The summed E-state index contributed by atoms with van der Waals surface area (Å²) in [5.41, 5.74) is 1.06. The molecule has 0 fully saturated rings. The van der Waals surface area contributed by atoms with Gasteiger partial charge in [-0.1, -0.05) is 0 Å². The maximum Gasteiger partial charge on any atom is 0.255 e. The van der Waals surface area contributed by atoms with Gasteiger partial charge in [0.25, 0.3) is 5.91 Å². The number of rotatable bonds is 7. The Balaban J connectivity index is 2.06. The first kappa shape index (κ1) is 19.8. The monoisotopic (exact) mass is 474 g/mol. The van der Waals surface area contributed by atoms with E-state index in [9.17, 15) is 13.2 Å². The first-order valence-electron chi connectivity index (χ1n) is 7.50. The highest BCUT2D eigenvalue weighted by Gasteiger charge is 2.17. The van der Waals surface area contributed by atoms with E-state index in [1.807, 2.05) is 12.1 Å². The largest absolute Gasteiger partial charge is 0.383 e. The topological polar surface area (TPSA) is 84.5 Å². The summed E-state index contributed by atoms with van der Waals surface area (Å²) in [5.74, 6) is -0.251. The second-order valence-corrected chi connectivity index (χ2v) is 8.42. The molecule has 0 aromatic heterocycles. The van der Waals surface area contributed by atoms with Crippen molar-refractivity contribution >= 4 is 44.2 Å². The lowest BCUT2D eigenvalue weighted by atomic mass is 10.2. The van der Waals surface area contributed by atoms with Crippen LogP contribution >= 0.6 is 22.6 Å². The Morgan fingerprint density at radius 1 is 1.12 bits per heavy atom. The zero-order valence-electron chi connectivity index (χ0n) is 13.8. The zero-order valence-corrected chi connectivity index (χ0v) is 16.8. The summed E-state index contributed by atoms with van der Waals surface area (Å²) in [7, 11) is -2.12. The van der Waals surface area contributed by atoms with Crippen LogP contribution in [0.25, 0.3) is 0 Å². The molecule has 0 spiro atoms. The smallest absolute Gasteiger partial charge is 0.255 e. The van der Waals surface area contributed by atoms with Crippen LogP contribution in [0.1, 0.15) is 17.3 Å². The molecule has 0 aliphatic rings. The molecule has 0 bridgehead atoms. The molecule has 0 aliphatic carbocycles. The highest BCUT2D eigenvalue weighted by Crippen LogP contribution is 2.16. The van der Waals surface area contributed by atoms with E-state index in [0.717, 1.165) is 3.57 Å². The molecule has 2 aromatic carbocycles. The lowest BCUT2D eigenvalue weighted by Crippen LogP contribution is -2.35. The van der Waals surface area contributed by atoms with E-state index in [4.69, 9.17) is 4.74 Å². The molecule has 25 heavy (non-hydrogen) atoms. The zero-order chi connectivity index (χ0) is 18.4. The summed E-state index contributed by atoms with van der Waals surface area (Å²) in [5, 5.41) is 2.74. The number of methoxy groups -OCH3 is 1. The normalized spacial score (nSPS) is 12.6. The third kappa shape index (κ3) is 5.77. The summed E-state index contributed by atoms with van der Waals surface area (Å²) >= 11 is 2.17. The van der Waals surface area contributed by atoms with E-state index < -0.39 is 10.0 Å². The molecule has 2 aromatic rings. The van der Waals surface area contributed by atoms with Crippen molar-refractivity contribution < 1.29 is 17.9 Å². The Bertz CT molecular complexity index is 821. The number of hydrogen-bond acceptors (Lipinski definition) is 4.